The van der Waals surface area contributed by atoms with E-state index < -0.39 is 17.6 Å². The number of fused-ring (bicyclic) bond motifs is 1. The van der Waals surface area contributed by atoms with Crippen molar-refractivity contribution in [1.82, 2.24) is 14.8 Å². The first-order valence-corrected chi connectivity index (χ1v) is 10.4. The largest absolute Gasteiger partial charge is 0.477 e. The van der Waals surface area contributed by atoms with Crippen LogP contribution in [0.2, 0.25) is 0 Å². The summed E-state index contributed by atoms with van der Waals surface area (Å²) in [7, 11) is 0. The van der Waals surface area contributed by atoms with E-state index in [1.807, 2.05) is 24.3 Å². The number of aryl methyl sites for hydroxylation is 1. The second kappa shape index (κ2) is 8.25. The Kier molecular flexibility index (Phi) is 5.26. The van der Waals surface area contributed by atoms with Gasteiger partial charge in [0, 0.05) is 24.8 Å². The fourth-order valence-electron chi connectivity index (χ4n) is 4.14. The molecule has 0 saturated carbocycles. The van der Waals surface area contributed by atoms with Gasteiger partial charge in [-0.2, -0.15) is 5.10 Å². The van der Waals surface area contributed by atoms with Gasteiger partial charge in [-0.15, -0.1) is 0 Å². The summed E-state index contributed by atoms with van der Waals surface area (Å²) in [5.74, 6) is -2.74. The number of aromatic nitrogens is 3. The highest BCUT2D eigenvalue weighted by Crippen LogP contribution is 2.33. The van der Waals surface area contributed by atoms with Crippen LogP contribution in [-0.2, 0) is 4.74 Å². The zero-order chi connectivity index (χ0) is 23.1. The predicted molar refractivity (Wildman–Crippen MR) is 119 cm³/mol. The van der Waals surface area contributed by atoms with Gasteiger partial charge in [0.25, 0.3) is 0 Å². The summed E-state index contributed by atoms with van der Waals surface area (Å²) in [6.07, 6.45) is 0. The molecule has 2 aromatic carbocycles. The number of rotatable bonds is 4. The third-order valence-corrected chi connectivity index (χ3v) is 5.68. The Morgan fingerprint density at radius 3 is 2.30 bits per heavy atom. The Labute approximate surface area is 187 Å². The molecular weight excluding hydrogens is 430 g/mol. The highest BCUT2D eigenvalue weighted by molar-refractivity contribution is 6.00. The minimum atomic E-state index is -1.21. The van der Waals surface area contributed by atoms with Crippen molar-refractivity contribution in [2.75, 3.05) is 31.2 Å². The third-order valence-electron chi connectivity index (χ3n) is 5.68. The van der Waals surface area contributed by atoms with E-state index in [2.05, 4.69) is 15.0 Å². The van der Waals surface area contributed by atoms with Gasteiger partial charge in [0.05, 0.1) is 30.0 Å². The number of nitrogens with zero attached hydrogens (tertiary/aromatic N) is 4. The Morgan fingerprint density at radius 1 is 1.00 bits per heavy atom. The van der Waals surface area contributed by atoms with Crippen molar-refractivity contribution in [1.29, 1.82) is 0 Å². The average Bonchev–Trinajstić information content (AvgIpc) is 3.15. The number of hydrogen-bond donors (Lipinski definition) is 1. The molecule has 9 heteroatoms. The van der Waals surface area contributed by atoms with Crippen LogP contribution in [0.4, 0.5) is 14.5 Å². The number of pyridine rings is 1. The lowest BCUT2D eigenvalue weighted by atomic mass is 10.0. The highest BCUT2D eigenvalue weighted by Gasteiger charge is 2.20. The van der Waals surface area contributed by atoms with Gasteiger partial charge in [0.15, 0.2) is 11.3 Å². The van der Waals surface area contributed by atoms with Crippen molar-refractivity contribution >= 4 is 22.7 Å². The maximum Gasteiger partial charge on any atom is 0.354 e. The molecule has 0 atom stereocenters. The quantitative estimate of drug-likeness (QED) is 0.502. The van der Waals surface area contributed by atoms with Gasteiger partial charge in [-0.1, -0.05) is 12.1 Å². The zero-order valence-electron chi connectivity index (χ0n) is 17.8. The van der Waals surface area contributed by atoms with E-state index >= 15 is 0 Å². The van der Waals surface area contributed by atoms with Crippen molar-refractivity contribution in [2.45, 2.75) is 6.92 Å². The first-order valence-electron chi connectivity index (χ1n) is 10.4. The van der Waals surface area contributed by atoms with Crippen molar-refractivity contribution < 1.29 is 23.4 Å². The van der Waals surface area contributed by atoms with Gasteiger partial charge in [-0.25, -0.2) is 23.2 Å². The molecule has 4 aromatic rings. The van der Waals surface area contributed by atoms with E-state index in [0.29, 0.717) is 29.9 Å². The van der Waals surface area contributed by atoms with Crippen molar-refractivity contribution in [3.8, 4) is 16.8 Å². The zero-order valence-corrected chi connectivity index (χ0v) is 17.8. The Morgan fingerprint density at radius 2 is 1.67 bits per heavy atom. The molecule has 1 aliphatic rings. The van der Waals surface area contributed by atoms with E-state index in [1.165, 1.54) is 10.7 Å². The molecule has 1 aliphatic heterocycles. The van der Waals surface area contributed by atoms with E-state index in [-0.39, 0.29) is 17.0 Å². The lowest BCUT2D eigenvalue weighted by Gasteiger charge is -2.29. The second-order valence-corrected chi connectivity index (χ2v) is 7.83. The minimum Gasteiger partial charge on any atom is -0.477 e. The standard InChI is InChI=1S/C24H20F2N4O3/c1-14-22-20(15-2-4-18(5-3-15)29-6-8-33-9-7-29)13-21(24(31)32)27-23(22)30(28-14)19-11-16(25)10-17(26)12-19/h2-5,10-13H,6-9H2,1H3,(H,31,32). The average molecular weight is 450 g/mol. The summed E-state index contributed by atoms with van der Waals surface area (Å²) in [6.45, 7) is 4.71. The second-order valence-electron chi connectivity index (χ2n) is 7.83. The highest BCUT2D eigenvalue weighted by atomic mass is 19.1. The Bertz CT molecular complexity index is 1340. The topological polar surface area (TPSA) is 80.5 Å². The van der Waals surface area contributed by atoms with E-state index in [0.717, 1.165) is 42.5 Å². The Hall–Kier alpha value is -3.85. The number of carboxylic acids is 1. The summed E-state index contributed by atoms with van der Waals surface area (Å²) >= 11 is 0. The molecule has 1 saturated heterocycles. The summed E-state index contributed by atoms with van der Waals surface area (Å²) in [5, 5.41) is 14.7. The Balaban J connectivity index is 1.67. The predicted octanol–water partition coefficient (Wildman–Crippen LogP) is 4.21. The molecule has 3 heterocycles. The first kappa shape index (κ1) is 21.0. The van der Waals surface area contributed by atoms with Crippen LogP contribution in [0.3, 0.4) is 0 Å². The van der Waals surface area contributed by atoms with E-state index in [9.17, 15) is 18.7 Å². The normalized spacial score (nSPS) is 14.1. The minimum absolute atomic E-state index is 0.120. The van der Waals surface area contributed by atoms with Gasteiger partial charge < -0.3 is 14.7 Å². The third kappa shape index (κ3) is 3.91. The molecule has 1 N–H and O–H groups in total. The lowest BCUT2D eigenvalue weighted by Crippen LogP contribution is -2.36. The van der Waals surface area contributed by atoms with Crippen LogP contribution in [-0.4, -0.2) is 52.1 Å². The molecule has 0 aliphatic carbocycles. The number of ether oxygens (including phenoxy) is 1. The van der Waals surface area contributed by atoms with Gasteiger partial charge in [0.2, 0.25) is 0 Å². The summed E-state index contributed by atoms with van der Waals surface area (Å²) in [6, 6.07) is 12.3. The van der Waals surface area contributed by atoms with E-state index in [4.69, 9.17) is 4.74 Å². The number of anilines is 1. The molecule has 7 nitrogen and oxygen atoms in total. The summed E-state index contributed by atoms with van der Waals surface area (Å²) < 4.78 is 34.4. The van der Waals surface area contributed by atoms with Crippen LogP contribution in [0.5, 0.6) is 0 Å². The number of morpholine rings is 1. The van der Waals surface area contributed by atoms with Gasteiger partial charge in [-0.05, 0) is 48.4 Å². The molecule has 2 aromatic heterocycles. The molecule has 0 spiro atoms. The number of carbonyl (C=O) groups is 1. The van der Waals surface area contributed by atoms with Crippen LogP contribution in [0.1, 0.15) is 16.2 Å². The van der Waals surface area contributed by atoms with Crippen molar-refractivity contribution in [3.05, 3.63) is 71.6 Å². The number of halogens is 2. The maximum absolute atomic E-state index is 13.9. The molecule has 33 heavy (non-hydrogen) atoms. The van der Waals surface area contributed by atoms with Gasteiger partial charge in [-0.3, -0.25) is 0 Å². The summed E-state index contributed by atoms with van der Waals surface area (Å²) in [4.78, 5) is 18.3. The first-order chi connectivity index (χ1) is 15.9. The molecule has 168 valence electrons. The van der Waals surface area contributed by atoms with Crippen molar-refractivity contribution in [3.63, 3.8) is 0 Å². The van der Waals surface area contributed by atoms with Crippen LogP contribution < -0.4 is 4.90 Å². The SMILES string of the molecule is Cc1nn(-c2cc(F)cc(F)c2)c2nc(C(=O)O)cc(-c3ccc(N4CCOCC4)cc3)c12. The smallest absolute Gasteiger partial charge is 0.354 e. The molecule has 5 rings (SSSR count). The van der Waals surface area contributed by atoms with Crippen LogP contribution >= 0.6 is 0 Å². The lowest BCUT2D eigenvalue weighted by molar-refractivity contribution is 0.0691. The van der Waals surface area contributed by atoms with Crippen LogP contribution in [0.25, 0.3) is 27.8 Å². The van der Waals surface area contributed by atoms with Crippen LogP contribution in [0.15, 0.2) is 48.5 Å². The monoisotopic (exact) mass is 450 g/mol. The molecule has 0 amide bonds. The van der Waals surface area contributed by atoms with Gasteiger partial charge >= 0.3 is 5.97 Å². The summed E-state index contributed by atoms with van der Waals surface area (Å²) in [5.41, 5.74) is 3.17. The molecule has 0 radical (unpaired) electrons. The molecule has 0 unspecified atom stereocenters. The number of aromatic carboxylic acids is 1. The number of hydrogen-bond acceptors (Lipinski definition) is 5. The molecule has 0 bridgehead atoms. The number of benzene rings is 2. The molecular formula is C24H20F2N4O3. The molecule has 1 fully saturated rings. The fraction of sp³-hybridized carbons (Fsp3) is 0.208. The fourth-order valence-corrected chi connectivity index (χ4v) is 4.14. The van der Waals surface area contributed by atoms with Gasteiger partial charge in [0.1, 0.15) is 11.6 Å². The maximum atomic E-state index is 13.9. The van der Waals surface area contributed by atoms with E-state index in [1.54, 1.807) is 6.92 Å². The van der Waals surface area contributed by atoms with Crippen LogP contribution in [0, 0.1) is 18.6 Å². The van der Waals surface area contributed by atoms with Crippen molar-refractivity contribution in [2.24, 2.45) is 0 Å². The number of carboxylic acid groups (broad SMARTS) is 1.